The Balaban J connectivity index is 0.000000238. The molecule has 1 aromatic carbocycles. The van der Waals surface area contributed by atoms with Crippen LogP contribution < -0.4 is 10.6 Å². The number of hydrogen-bond donors (Lipinski definition) is 5. The lowest BCUT2D eigenvalue weighted by Gasteiger charge is -2.29. The molecule has 45 heavy (non-hydrogen) atoms. The molecule has 4 amide bonds. The number of nitrogens with zero attached hydrogens (tertiary/aromatic N) is 2. The molecule has 252 valence electrons. The fourth-order valence-corrected chi connectivity index (χ4v) is 5.80. The predicted molar refractivity (Wildman–Crippen MR) is 172 cm³/mol. The Morgan fingerprint density at radius 2 is 1.62 bits per heavy atom. The third kappa shape index (κ3) is 13.3. The summed E-state index contributed by atoms with van der Waals surface area (Å²) in [5.74, 6) is -0.343. The van der Waals surface area contributed by atoms with Crippen LogP contribution in [0, 0.1) is 5.92 Å². The standard InChI is InChI=1S/C13H25NO2.C10H19BN2O4.C9H9NO2/c1-10(11-8-6-5-7-9-11)14-12(15)16-13(2,3)4;1-2-4-9(11(16)17)12-10(15)8-5-3-6-13(8)7-14;11-9(12)10-5-7-3-1-2-4-8(7)6-10/h10-11H,5-9H2,1-4H3,(H,14,15);7-9,16-17H,2-6H2,1H3,(H,12,15);1-4H,5-6H2,(H,11,12). The van der Waals surface area contributed by atoms with Crippen LogP contribution in [0.3, 0.4) is 0 Å². The second kappa shape index (κ2) is 18.6. The van der Waals surface area contributed by atoms with Crippen LogP contribution in [0.2, 0.25) is 0 Å². The van der Waals surface area contributed by atoms with Gasteiger partial charge in [0, 0.05) is 25.7 Å². The van der Waals surface area contributed by atoms with E-state index in [1.807, 2.05) is 52.0 Å². The van der Waals surface area contributed by atoms with E-state index in [9.17, 15) is 19.2 Å². The van der Waals surface area contributed by atoms with Crippen molar-refractivity contribution < 1.29 is 39.1 Å². The number of fused-ring (bicyclic) bond motifs is 1. The number of likely N-dealkylation sites (tertiary alicyclic amines) is 1. The van der Waals surface area contributed by atoms with E-state index in [-0.39, 0.29) is 18.0 Å². The molecule has 3 unspecified atom stereocenters. The summed E-state index contributed by atoms with van der Waals surface area (Å²) in [6.07, 6.45) is 8.61. The minimum absolute atomic E-state index is 0.232. The smallest absolute Gasteiger partial charge is 0.465 e. The summed E-state index contributed by atoms with van der Waals surface area (Å²) in [6, 6.07) is 7.58. The first kappa shape index (κ1) is 37.9. The van der Waals surface area contributed by atoms with Gasteiger partial charge in [-0.05, 0) is 76.8 Å². The maximum atomic E-state index is 11.9. The van der Waals surface area contributed by atoms with Gasteiger partial charge in [0.15, 0.2) is 0 Å². The number of benzene rings is 1. The zero-order valence-electron chi connectivity index (χ0n) is 27.5. The number of ether oxygens (including phenoxy) is 1. The number of carbonyl (C=O) groups excluding carboxylic acids is 3. The molecule has 0 spiro atoms. The van der Waals surface area contributed by atoms with Gasteiger partial charge in [-0.3, -0.25) is 14.5 Å². The summed E-state index contributed by atoms with van der Waals surface area (Å²) in [5, 5.41) is 32.5. The Labute approximate surface area is 268 Å². The Morgan fingerprint density at radius 1 is 1.02 bits per heavy atom. The molecule has 4 rings (SSSR count). The molecule has 3 aliphatic rings. The molecule has 2 aliphatic heterocycles. The highest BCUT2D eigenvalue weighted by molar-refractivity contribution is 6.43. The van der Waals surface area contributed by atoms with Crippen molar-refractivity contribution in [1.29, 1.82) is 0 Å². The van der Waals surface area contributed by atoms with Gasteiger partial charge >= 0.3 is 19.3 Å². The Morgan fingerprint density at radius 3 is 2.11 bits per heavy atom. The number of hydrogen-bond acceptors (Lipinski definition) is 7. The monoisotopic (exact) mass is 632 g/mol. The first-order valence-electron chi connectivity index (χ1n) is 16.2. The summed E-state index contributed by atoms with van der Waals surface area (Å²) in [5.41, 5.74) is 1.84. The van der Waals surface area contributed by atoms with Gasteiger partial charge in [0.2, 0.25) is 12.3 Å². The van der Waals surface area contributed by atoms with Crippen molar-refractivity contribution in [2.75, 3.05) is 6.54 Å². The van der Waals surface area contributed by atoms with E-state index < -0.39 is 30.8 Å². The van der Waals surface area contributed by atoms with Crippen molar-refractivity contribution in [3.63, 3.8) is 0 Å². The van der Waals surface area contributed by atoms with Crippen LogP contribution in [-0.4, -0.2) is 86.7 Å². The number of carbonyl (C=O) groups is 4. The van der Waals surface area contributed by atoms with Gasteiger partial charge in [0.1, 0.15) is 11.6 Å². The number of amides is 4. The molecule has 13 heteroatoms. The van der Waals surface area contributed by atoms with Gasteiger partial charge in [-0.2, -0.15) is 0 Å². The molecule has 3 atom stereocenters. The molecule has 2 heterocycles. The van der Waals surface area contributed by atoms with Crippen molar-refractivity contribution in [3.05, 3.63) is 35.4 Å². The van der Waals surface area contributed by atoms with Crippen LogP contribution in [0.15, 0.2) is 24.3 Å². The second-order valence-electron chi connectivity index (χ2n) is 13.1. The van der Waals surface area contributed by atoms with Crippen LogP contribution in [0.25, 0.3) is 0 Å². The molecule has 1 aromatic rings. The van der Waals surface area contributed by atoms with Crippen LogP contribution >= 0.6 is 0 Å². The SMILES string of the molecule is CC(NC(=O)OC(C)(C)C)C1CCCCC1.CCCC(NC(=O)C1CCCN1C=O)B(O)O.O=C(O)N1Cc2ccccc2C1. The number of nitrogens with one attached hydrogen (secondary N) is 2. The van der Waals surface area contributed by atoms with Crippen molar-refractivity contribution >= 4 is 31.6 Å². The van der Waals surface area contributed by atoms with E-state index in [4.69, 9.17) is 19.9 Å². The highest BCUT2D eigenvalue weighted by Crippen LogP contribution is 2.26. The number of carboxylic acid groups (broad SMARTS) is 1. The van der Waals surface area contributed by atoms with E-state index in [1.165, 1.54) is 41.9 Å². The molecule has 12 nitrogen and oxygen atoms in total. The fourth-order valence-electron chi connectivity index (χ4n) is 5.80. The molecule has 0 radical (unpaired) electrons. The lowest BCUT2D eigenvalue weighted by molar-refractivity contribution is -0.131. The van der Waals surface area contributed by atoms with Gasteiger partial charge in [0.05, 0.1) is 5.94 Å². The molecular weight excluding hydrogens is 579 g/mol. The van der Waals surface area contributed by atoms with E-state index >= 15 is 0 Å². The van der Waals surface area contributed by atoms with Crippen molar-refractivity contribution in [3.8, 4) is 0 Å². The summed E-state index contributed by atoms with van der Waals surface area (Å²) in [7, 11) is -1.56. The van der Waals surface area contributed by atoms with E-state index in [0.717, 1.165) is 24.0 Å². The zero-order chi connectivity index (χ0) is 33.6. The fraction of sp³-hybridized carbons (Fsp3) is 0.688. The van der Waals surface area contributed by atoms with Crippen LogP contribution in [-0.2, 0) is 27.4 Å². The van der Waals surface area contributed by atoms with E-state index in [2.05, 4.69) is 17.6 Å². The maximum absolute atomic E-state index is 11.9. The predicted octanol–water partition coefficient (Wildman–Crippen LogP) is 4.06. The highest BCUT2D eigenvalue weighted by Gasteiger charge is 2.33. The molecule has 5 N–H and O–H groups in total. The highest BCUT2D eigenvalue weighted by atomic mass is 16.6. The topological polar surface area (TPSA) is 169 Å². The maximum Gasteiger partial charge on any atom is 0.475 e. The minimum atomic E-state index is -1.56. The lowest BCUT2D eigenvalue weighted by atomic mass is 9.76. The molecule has 2 fully saturated rings. The first-order valence-corrected chi connectivity index (χ1v) is 16.2. The summed E-state index contributed by atoms with van der Waals surface area (Å²) in [4.78, 5) is 47.6. The van der Waals surface area contributed by atoms with Crippen molar-refractivity contribution in [2.45, 2.75) is 129 Å². The quantitative estimate of drug-likeness (QED) is 0.211. The van der Waals surface area contributed by atoms with Gasteiger partial charge in [-0.25, -0.2) is 9.59 Å². The Bertz CT molecular complexity index is 1070. The number of alkyl carbamates (subject to hydrolysis) is 1. The average molecular weight is 633 g/mol. The largest absolute Gasteiger partial charge is 0.475 e. The molecule has 1 saturated heterocycles. The Kier molecular flexibility index (Phi) is 15.7. The summed E-state index contributed by atoms with van der Waals surface area (Å²) >= 11 is 0. The van der Waals surface area contributed by atoms with Crippen LogP contribution in [0.4, 0.5) is 9.59 Å². The minimum Gasteiger partial charge on any atom is -0.465 e. The third-order valence-electron chi connectivity index (χ3n) is 8.23. The van der Waals surface area contributed by atoms with Crippen LogP contribution in [0.1, 0.15) is 104 Å². The molecule has 1 saturated carbocycles. The van der Waals surface area contributed by atoms with Crippen molar-refractivity contribution in [2.24, 2.45) is 5.92 Å². The molecule has 0 aromatic heterocycles. The van der Waals surface area contributed by atoms with Crippen LogP contribution in [0.5, 0.6) is 0 Å². The van der Waals surface area contributed by atoms with Gasteiger partial charge in [-0.1, -0.05) is 56.9 Å². The first-order chi connectivity index (χ1) is 21.2. The average Bonchev–Trinajstić information content (AvgIpc) is 3.64. The molecule has 0 bridgehead atoms. The normalized spacial score (nSPS) is 19.0. The Hall–Kier alpha value is -3.32. The molecule has 1 aliphatic carbocycles. The number of rotatable bonds is 8. The van der Waals surface area contributed by atoms with Gasteiger partial charge in [0.25, 0.3) is 0 Å². The molecular formula is C32H53BN4O8. The second-order valence-corrected chi connectivity index (χ2v) is 13.1. The zero-order valence-corrected chi connectivity index (χ0v) is 27.5. The lowest BCUT2D eigenvalue weighted by Crippen LogP contribution is -2.52. The van der Waals surface area contributed by atoms with E-state index in [0.29, 0.717) is 44.8 Å². The van der Waals surface area contributed by atoms with E-state index in [1.54, 1.807) is 0 Å². The summed E-state index contributed by atoms with van der Waals surface area (Å²) < 4.78 is 5.25. The summed E-state index contributed by atoms with van der Waals surface area (Å²) in [6.45, 7) is 11.3. The third-order valence-corrected chi connectivity index (χ3v) is 8.23. The van der Waals surface area contributed by atoms with Gasteiger partial charge < -0.3 is 35.4 Å². The van der Waals surface area contributed by atoms with Gasteiger partial charge in [-0.15, -0.1) is 0 Å². The van der Waals surface area contributed by atoms with Crippen molar-refractivity contribution in [1.82, 2.24) is 20.4 Å².